The Labute approximate surface area is 120 Å². The molecule has 0 unspecified atom stereocenters. The summed E-state index contributed by atoms with van der Waals surface area (Å²) >= 11 is 1.90. The number of amides is 1. The molecule has 0 aliphatic rings. The van der Waals surface area contributed by atoms with Gasteiger partial charge in [-0.2, -0.15) is 11.8 Å². The molecule has 0 aliphatic heterocycles. The predicted octanol–water partition coefficient (Wildman–Crippen LogP) is 2.41. The highest BCUT2D eigenvalue weighted by Crippen LogP contribution is 2.10. The van der Waals surface area contributed by atoms with E-state index in [0.29, 0.717) is 5.56 Å². The van der Waals surface area contributed by atoms with E-state index in [1.807, 2.05) is 43.7 Å². The number of thioether (sulfide) groups is 1. The molecule has 1 atom stereocenters. The predicted molar refractivity (Wildman–Crippen MR) is 83.1 cm³/mol. The van der Waals surface area contributed by atoms with Crippen molar-refractivity contribution >= 4 is 23.5 Å². The monoisotopic (exact) mass is 281 g/mol. The largest absolute Gasteiger partial charge is 0.363 e. The molecule has 0 aromatic carbocycles. The van der Waals surface area contributed by atoms with Gasteiger partial charge in [-0.1, -0.05) is 6.92 Å². The summed E-state index contributed by atoms with van der Waals surface area (Å²) in [5, 5.41) is 3.02. The minimum atomic E-state index is -0.0282. The highest BCUT2D eigenvalue weighted by atomic mass is 32.2. The summed E-state index contributed by atoms with van der Waals surface area (Å²) in [6.07, 6.45) is 2.66. The van der Waals surface area contributed by atoms with Crippen LogP contribution in [0.2, 0.25) is 0 Å². The molecule has 0 saturated heterocycles. The van der Waals surface area contributed by atoms with Gasteiger partial charge < -0.3 is 10.2 Å². The molecule has 106 valence electrons. The van der Waals surface area contributed by atoms with Gasteiger partial charge in [0.1, 0.15) is 5.82 Å². The summed E-state index contributed by atoms with van der Waals surface area (Å²) in [6.45, 7) is 4.19. The topological polar surface area (TPSA) is 45.2 Å². The molecule has 0 saturated carbocycles. The maximum atomic E-state index is 12.1. The van der Waals surface area contributed by atoms with E-state index in [0.717, 1.165) is 23.7 Å². The van der Waals surface area contributed by atoms with Crippen LogP contribution in [-0.4, -0.2) is 42.5 Å². The third-order valence-electron chi connectivity index (χ3n) is 2.74. The number of carbonyl (C=O) groups is 1. The zero-order chi connectivity index (χ0) is 14.3. The van der Waals surface area contributed by atoms with Crippen LogP contribution in [0.1, 0.15) is 30.6 Å². The molecular weight excluding hydrogens is 258 g/mol. The van der Waals surface area contributed by atoms with Gasteiger partial charge in [0.05, 0.1) is 0 Å². The zero-order valence-corrected chi connectivity index (χ0v) is 13.0. The fraction of sp³-hybridized carbons (Fsp3) is 0.571. The number of anilines is 1. The van der Waals surface area contributed by atoms with Crippen molar-refractivity contribution in [3.63, 3.8) is 0 Å². The number of nitrogens with one attached hydrogen (secondary N) is 1. The van der Waals surface area contributed by atoms with E-state index in [-0.39, 0.29) is 11.9 Å². The van der Waals surface area contributed by atoms with E-state index < -0.39 is 0 Å². The number of hydrogen-bond donors (Lipinski definition) is 1. The minimum absolute atomic E-state index is 0.0282. The number of aromatic nitrogens is 1. The molecule has 0 bridgehead atoms. The molecule has 0 aliphatic carbocycles. The summed E-state index contributed by atoms with van der Waals surface area (Å²) in [4.78, 5) is 18.2. The molecule has 1 N–H and O–H groups in total. The van der Waals surface area contributed by atoms with Crippen molar-refractivity contribution < 1.29 is 4.79 Å². The molecule has 4 nitrogen and oxygen atoms in total. The lowest BCUT2D eigenvalue weighted by atomic mass is 10.2. The van der Waals surface area contributed by atoms with Gasteiger partial charge in [-0.3, -0.25) is 4.79 Å². The van der Waals surface area contributed by atoms with Gasteiger partial charge in [-0.05, 0) is 37.0 Å². The Balaban J connectivity index is 2.55. The van der Waals surface area contributed by atoms with E-state index in [1.165, 1.54) is 0 Å². The summed E-state index contributed by atoms with van der Waals surface area (Å²) in [6, 6.07) is 3.75. The Morgan fingerprint density at radius 3 is 2.89 bits per heavy atom. The second kappa shape index (κ2) is 8.04. The average molecular weight is 281 g/mol. The Hall–Kier alpha value is -1.23. The number of carbonyl (C=O) groups excluding carboxylic acids is 1. The summed E-state index contributed by atoms with van der Waals surface area (Å²) in [5.74, 6) is 2.97. The van der Waals surface area contributed by atoms with Crippen molar-refractivity contribution in [3.8, 4) is 0 Å². The van der Waals surface area contributed by atoms with Crippen molar-refractivity contribution in [1.82, 2.24) is 10.3 Å². The van der Waals surface area contributed by atoms with Gasteiger partial charge in [0.15, 0.2) is 0 Å². The highest BCUT2D eigenvalue weighted by Gasteiger charge is 2.11. The van der Waals surface area contributed by atoms with Crippen LogP contribution in [0.5, 0.6) is 0 Å². The van der Waals surface area contributed by atoms with E-state index in [4.69, 9.17) is 0 Å². The number of hydrogen-bond acceptors (Lipinski definition) is 4. The number of rotatable bonds is 7. The van der Waals surface area contributed by atoms with Crippen LogP contribution >= 0.6 is 11.8 Å². The van der Waals surface area contributed by atoms with Crippen LogP contribution < -0.4 is 10.2 Å². The first-order valence-electron chi connectivity index (χ1n) is 6.56. The van der Waals surface area contributed by atoms with Crippen molar-refractivity contribution in [2.75, 3.05) is 30.5 Å². The number of pyridine rings is 1. The smallest absolute Gasteiger partial charge is 0.251 e. The zero-order valence-electron chi connectivity index (χ0n) is 12.1. The molecule has 1 rings (SSSR count). The third kappa shape index (κ3) is 5.51. The molecule has 0 radical (unpaired) electrons. The van der Waals surface area contributed by atoms with Crippen molar-refractivity contribution in [3.05, 3.63) is 23.9 Å². The van der Waals surface area contributed by atoms with Gasteiger partial charge >= 0.3 is 0 Å². The van der Waals surface area contributed by atoms with Crippen LogP contribution in [0.3, 0.4) is 0 Å². The maximum absolute atomic E-state index is 12.1. The Kier molecular flexibility index (Phi) is 6.70. The minimum Gasteiger partial charge on any atom is -0.363 e. The molecule has 1 aromatic heterocycles. The SMILES string of the molecule is CCSCC[C@H](C)NC(=O)c1ccnc(N(C)C)c1. The molecule has 1 amide bonds. The van der Waals surface area contributed by atoms with Crippen molar-refractivity contribution in [2.45, 2.75) is 26.3 Å². The van der Waals surface area contributed by atoms with Crippen LogP contribution in [0.15, 0.2) is 18.3 Å². The molecule has 19 heavy (non-hydrogen) atoms. The van der Waals surface area contributed by atoms with E-state index >= 15 is 0 Å². The van der Waals surface area contributed by atoms with Crippen molar-refractivity contribution in [2.24, 2.45) is 0 Å². The second-order valence-electron chi connectivity index (χ2n) is 4.66. The van der Waals surface area contributed by atoms with Gasteiger partial charge in [0.2, 0.25) is 0 Å². The van der Waals surface area contributed by atoms with E-state index in [2.05, 4.69) is 17.2 Å². The summed E-state index contributed by atoms with van der Waals surface area (Å²) < 4.78 is 0. The first kappa shape index (κ1) is 15.8. The van der Waals surface area contributed by atoms with Gasteiger partial charge in [-0.15, -0.1) is 0 Å². The standard InChI is InChI=1S/C14H23N3OS/c1-5-19-9-7-11(2)16-14(18)12-6-8-15-13(10-12)17(3)4/h6,8,10-11H,5,7,9H2,1-4H3,(H,16,18)/t11-/m0/s1. The van der Waals surface area contributed by atoms with E-state index in [9.17, 15) is 4.79 Å². The maximum Gasteiger partial charge on any atom is 0.251 e. The Morgan fingerprint density at radius 2 is 2.26 bits per heavy atom. The van der Waals surface area contributed by atoms with Crippen LogP contribution in [0.4, 0.5) is 5.82 Å². The average Bonchev–Trinajstić information content (AvgIpc) is 2.39. The Bertz CT molecular complexity index is 409. The normalized spacial score (nSPS) is 12.0. The third-order valence-corrected chi connectivity index (χ3v) is 3.68. The number of nitrogens with zero attached hydrogens (tertiary/aromatic N) is 2. The lowest BCUT2D eigenvalue weighted by Crippen LogP contribution is -2.33. The summed E-state index contributed by atoms with van der Waals surface area (Å²) in [7, 11) is 3.82. The van der Waals surface area contributed by atoms with E-state index in [1.54, 1.807) is 12.3 Å². The highest BCUT2D eigenvalue weighted by molar-refractivity contribution is 7.99. The van der Waals surface area contributed by atoms with Crippen LogP contribution in [-0.2, 0) is 0 Å². The Morgan fingerprint density at radius 1 is 1.53 bits per heavy atom. The van der Waals surface area contributed by atoms with Gasteiger partial charge in [-0.25, -0.2) is 4.98 Å². The molecule has 0 fully saturated rings. The molecule has 1 heterocycles. The van der Waals surface area contributed by atoms with Crippen molar-refractivity contribution in [1.29, 1.82) is 0 Å². The van der Waals surface area contributed by atoms with Crippen LogP contribution in [0, 0.1) is 0 Å². The fourth-order valence-electron chi connectivity index (χ4n) is 1.59. The molecule has 1 aromatic rings. The molecule has 5 heteroatoms. The van der Waals surface area contributed by atoms with Gasteiger partial charge in [0, 0.05) is 31.9 Å². The summed E-state index contributed by atoms with van der Waals surface area (Å²) in [5.41, 5.74) is 0.661. The van der Waals surface area contributed by atoms with Gasteiger partial charge in [0.25, 0.3) is 5.91 Å². The fourth-order valence-corrected chi connectivity index (χ4v) is 2.40. The quantitative estimate of drug-likeness (QED) is 0.780. The first-order chi connectivity index (χ1) is 9.04. The lowest BCUT2D eigenvalue weighted by Gasteiger charge is -2.15. The molecule has 0 spiro atoms. The second-order valence-corrected chi connectivity index (χ2v) is 6.05. The first-order valence-corrected chi connectivity index (χ1v) is 7.72. The van der Waals surface area contributed by atoms with Crippen LogP contribution in [0.25, 0.3) is 0 Å². The molecular formula is C14H23N3OS. The lowest BCUT2D eigenvalue weighted by molar-refractivity contribution is 0.0939.